The molecule has 0 rings (SSSR count). The Morgan fingerprint density at radius 2 is 1.67 bits per heavy atom. The van der Waals surface area contributed by atoms with Gasteiger partial charge in [0.05, 0.1) is 6.04 Å². The van der Waals surface area contributed by atoms with E-state index >= 15 is 0 Å². The van der Waals surface area contributed by atoms with Crippen molar-refractivity contribution in [3.8, 4) is 0 Å². The number of nitrogens with two attached hydrogens (primary N) is 1. The Balaban J connectivity index is 4.18. The van der Waals surface area contributed by atoms with Crippen LogP contribution in [0.4, 0.5) is 0 Å². The molecular formula is C13H27N3O2. The maximum absolute atomic E-state index is 11.8. The molecule has 2 amide bonds. The summed E-state index contributed by atoms with van der Waals surface area (Å²) in [7, 11) is 0. The van der Waals surface area contributed by atoms with Gasteiger partial charge in [-0.05, 0) is 18.8 Å². The second-order valence-electron chi connectivity index (χ2n) is 5.28. The van der Waals surface area contributed by atoms with E-state index in [2.05, 4.69) is 10.6 Å². The van der Waals surface area contributed by atoms with E-state index in [0.717, 1.165) is 6.42 Å². The number of rotatable bonds is 7. The molecule has 0 heterocycles. The zero-order valence-corrected chi connectivity index (χ0v) is 12.1. The van der Waals surface area contributed by atoms with E-state index in [4.69, 9.17) is 5.73 Å². The smallest absolute Gasteiger partial charge is 0.242 e. The number of hydrogen-bond acceptors (Lipinski definition) is 3. The van der Waals surface area contributed by atoms with Gasteiger partial charge in [0, 0.05) is 6.54 Å². The molecule has 0 spiro atoms. The van der Waals surface area contributed by atoms with Crippen LogP contribution in [0.3, 0.4) is 0 Å². The highest BCUT2D eigenvalue weighted by atomic mass is 16.2. The molecule has 0 aromatic rings. The topological polar surface area (TPSA) is 84.2 Å². The molecule has 0 saturated carbocycles. The number of nitrogens with one attached hydrogen (secondary N) is 2. The van der Waals surface area contributed by atoms with Crippen LogP contribution in [0.15, 0.2) is 0 Å². The van der Waals surface area contributed by atoms with Crippen molar-refractivity contribution >= 4 is 11.8 Å². The Kier molecular flexibility index (Phi) is 7.59. The molecule has 1 unspecified atom stereocenters. The number of amides is 2. The van der Waals surface area contributed by atoms with E-state index in [-0.39, 0.29) is 17.7 Å². The predicted octanol–water partition coefficient (Wildman–Crippen LogP) is 0.637. The van der Waals surface area contributed by atoms with Crippen molar-refractivity contribution in [1.29, 1.82) is 0 Å². The van der Waals surface area contributed by atoms with Crippen LogP contribution < -0.4 is 16.4 Å². The maximum atomic E-state index is 11.8. The molecular weight excluding hydrogens is 230 g/mol. The summed E-state index contributed by atoms with van der Waals surface area (Å²) < 4.78 is 0. The van der Waals surface area contributed by atoms with Gasteiger partial charge in [0.25, 0.3) is 0 Å². The summed E-state index contributed by atoms with van der Waals surface area (Å²) in [5.74, 6) is 0.0556. The van der Waals surface area contributed by atoms with Gasteiger partial charge in [0.1, 0.15) is 6.04 Å². The Labute approximate surface area is 110 Å². The molecule has 3 atom stereocenters. The second-order valence-corrected chi connectivity index (χ2v) is 5.28. The van der Waals surface area contributed by atoms with Gasteiger partial charge >= 0.3 is 0 Å². The number of hydrogen-bond donors (Lipinski definition) is 3. The fraction of sp³-hybridized carbons (Fsp3) is 0.846. The van der Waals surface area contributed by atoms with Crippen LogP contribution in [-0.4, -0.2) is 30.4 Å². The fourth-order valence-corrected chi connectivity index (χ4v) is 1.35. The highest BCUT2D eigenvalue weighted by Gasteiger charge is 2.23. The van der Waals surface area contributed by atoms with Gasteiger partial charge in [0.15, 0.2) is 0 Å². The van der Waals surface area contributed by atoms with Crippen molar-refractivity contribution in [2.24, 2.45) is 17.6 Å². The first-order valence-electron chi connectivity index (χ1n) is 6.63. The third kappa shape index (κ3) is 6.00. The predicted molar refractivity (Wildman–Crippen MR) is 72.9 cm³/mol. The normalized spacial score (nSPS) is 15.9. The van der Waals surface area contributed by atoms with Gasteiger partial charge in [-0.2, -0.15) is 0 Å². The summed E-state index contributed by atoms with van der Waals surface area (Å²) >= 11 is 0. The molecule has 0 aliphatic rings. The van der Waals surface area contributed by atoms with Gasteiger partial charge in [-0.3, -0.25) is 9.59 Å². The lowest BCUT2D eigenvalue weighted by Gasteiger charge is -2.21. The third-order valence-electron chi connectivity index (χ3n) is 3.00. The first-order chi connectivity index (χ1) is 8.29. The third-order valence-corrected chi connectivity index (χ3v) is 3.00. The van der Waals surface area contributed by atoms with Crippen molar-refractivity contribution in [3.05, 3.63) is 0 Å². The zero-order chi connectivity index (χ0) is 14.3. The lowest BCUT2D eigenvalue weighted by Crippen LogP contribution is -2.52. The summed E-state index contributed by atoms with van der Waals surface area (Å²) in [6.45, 7) is 10.2. The van der Waals surface area contributed by atoms with Crippen LogP contribution in [0.25, 0.3) is 0 Å². The first kappa shape index (κ1) is 16.9. The summed E-state index contributed by atoms with van der Waals surface area (Å²) in [6, 6.07) is -1.11. The Bertz CT molecular complexity index is 279. The van der Waals surface area contributed by atoms with E-state index in [9.17, 15) is 9.59 Å². The quantitative estimate of drug-likeness (QED) is 0.625. The zero-order valence-electron chi connectivity index (χ0n) is 12.1. The van der Waals surface area contributed by atoms with Gasteiger partial charge in [0.2, 0.25) is 11.8 Å². The van der Waals surface area contributed by atoms with Crippen molar-refractivity contribution in [2.45, 2.75) is 53.1 Å². The van der Waals surface area contributed by atoms with Crippen LogP contribution in [0.1, 0.15) is 41.0 Å². The Morgan fingerprint density at radius 1 is 1.11 bits per heavy atom. The van der Waals surface area contributed by atoms with E-state index in [1.54, 1.807) is 6.92 Å². The summed E-state index contributed by atoms with van der Waals surface area (Å²) in [6.07, 6.45) is 0.836. The molecule has 18 heavy (non-hydrogen) atoms. The molecule has 0 saturated heterocycles. The van der Waals surface area contributed by atoms with Crippen LogP contribution in [0.2, 0.25) is 0 Å². The minimum atomic E-state index is -0.560. The largest absolute Gasteiger partial charge is 0.354 e. The molecule has 0 aromatic heterocycles. The van der Waals surface area contributed by atoms with E-state index < -0.39 is 12.1 Å². The van der Waals surface area contributed by atoms with Gasteiger partial charge in [-0.25, -0.2) is 0 Å². The van der Waals surface area contributed by atoms with Crippen molar-refractivity contribution in [1.82, 2.24) is 10.6 Å². The SMILES string of the molecule is CC[C@H](C)[C@H](N)C(=O)NC(C)C(=O)NCC(C)C. The number of carbonyl (C=O) groups excluding carboxylic acids is 2. The van der Waals surface area contributed by atoms with Crippen LogP contribution in [-0.2, 0) is 9.59 Å². The number of carbonyl (C=O) groups is 2. The first-order valence-corrected chi connectivity index (χ1v) is 6.63. The molecule has 0 fully saturated rings. The van der Waals surface area contributed by atoms with Crippen molar-refractivity contribution in [3.63, 3.8) is 0 Å². The van der Waals surface area contributed by atoms with Gasteiger partial charge < -0.3 is 16.4 Å². The average Bonchev–Trinajstić information content (AvgIpc) is 2.33. The fourth-order valence-electron chi connectivity index (χ4n) is 1.35. The van der Waals surface area contributed by atoms with Gasteiger partial charge in [-0.1, -0.05) is 34.1 Å². The molecule has 0 radical (unpaired) electrons. The highest BCUT2D eigenvalue weighted by molar-refractivity contribution is 5.89. The van der Waals surface area contributed by atoms with Crippen LogP contribution >= 0.6 is 0 Å². The van der Waals surface area contributed by atoms with Crippen LogP contribution in [0.5, 0.6) is 0 Å². The minimum absolute atomic E-state index is 0.107. The standard InChI is InChI=1S/C13H27N3O2/c1-6-9(4)11(14)13(18)16-10(5)12(17)15-7-8(2)3/h8-11H,6-7,14H2,1-5H3,(H,15,17)(H,16,18)/t9-,10?,11-/m0/s1. The van der Waals surface area contributed by atoms with Crippen LogP contribution in [0, 0.1) is 11.8 Å². The van der Waals surface area contributed by atoms with E-state index in [1.807, 2.05) is 27.7 Å². The molecule has 0 bridgehead atoms. The average molecular weight is 257 g/mol. The molecule has 0 aliphatic carbocycles. The second kappa shape index (κ2) is 8.08. The van der Waals surface area contributed by atoms with Gasteiger partial charge in [-0.15, -0.1) is 0 Å². The molecule has 0 aromatic carbocycles. The maximum Gasteiger partial charge on any atom is 0.242 e. The lowest BCUT2D eigenvalue weighted by molar-refractivity contribution is -0.129. The minimum Gasteiger partial charge on any atom is -0.354 e. The molecule has 4 N–H and O–H groups in total. The lowest BCUT2D eigenvalue weighted by atomic mass is 9.99. The Morgan fingerprint density at radius 3 is 2.11 bits per heavy atom. The summed E-state index contributed by atoms with van der Waals surface area (Å²) in [5.41, 5.74) is 5.80. The van der Waals surface area contributed by atoms with E-state index in [1.165, 1.54) is 0 Å². The van der Waals surface area contributed by atoms with Crippen molar-refractivity contribution < 1.29 is 9.59 Å². The summed E-state index contributed by atoms with van der Waals surface area (Å²) in [4.78, 5) is 23.5. The monoisotopic (exact) mass is 257 g/mol. The molecule has 5 nitrogen and oxygen atoms in total. The van der Waals surface area contributed by atoms with E-state index in [0.29, 0.717) is 12.5 Å². The highest BCUT2D eigenvalue weighted by Crippen LogP contribution is 2.05. The summed E-state index contributed by atoms with van der Waals surface area (Å²) in [5, 5.41) is 5.42. The molecule has 106 valence electrons. The van der Waals surface area contributed by atoms with Crippen molar-refractivity contribution in [2.75, 3.05) is 6.54 Å². The molecule has 5 heteroatoms. The Hall–Kier alpha value is -1.10. The molecule has 0 aliphatic heterocycles.